The molecule has 1 saturated heterocycles. The zero-order chi connectivity index (χ0) is 11.7. The predicted octanol–water partition coefficient (Wildman–Crippen LogP) is 2.06. The van der Waals surface area contributed by atoms with Gasteiger partial charge in [0.25, 0.3) is 11.1 Å². The molecule has 1 aromatic rings. The van der Waals surface area contributed by atoms with Crippen molar-refractivity contribution >= 4 is 28.6 Å². The maximum atomic E-state index is 11.7. The summed E-state index contributed by atoms with van der Waals surface area (Å²) >= 11 is 1.01. The van der Waals surface area contributed by atoms with E-state index in [-0.39, 0.29) is 11.1 Å². The molecule has 1 aliphatic heterocycles. The lowest BCUT2D eigenvalue weighted by Crippen LogP contribution is -2.31. The maximum absolute atomic E-state index is 11.7. The van der Waals surface area contributed by atoms with E-state index in [9.17, 15) is 9.59 Å². The first-order valence-electron chi connectivity index (χ1n) is 4.90. The molecule has 0 spiro atoms. The minimum Gasteiger partial charge on any atom is -0.365 e. The quantitative estimate of drug-likeness (QED) is 0.854. The number of nitrogens with zero attached hydrogens (tertiary/aromatic N) is 1. The van der Waals surface area contributed by atoms with Crippen LogP contribution in [0.3, 0.4) is 0 Å². The van der Waals surface area contributed by atoms with Crippen LogP contribution in [0.1, 0.15) is 5.56 Å². The summed E-state index contributed by atoms with van der Waals surface area (Å²) in [5.74, 6) is -0.196. The van der Waals surface area contributed by atoms with Gasteiger partial charge in [-0.3, -0.25) is 14.5 Å². The van der Waals surface area contributed by atoms with Gasteiger partial charge in [0, 0.05) is 12.7 Å². The van der Waals surface area contributed by atoms with Crippen molar-refractivity contribution in [1.82, 2.24) is 4.90 Å². The summed E-state index contributed by atoms with van der Waals surface area (Å²) < 4.78 is 0. The zero-order valence-corrected chi connectivity index (χ0v) is 9.88. The van der Waals surface area contributed by atoms with Crippen LogP contribution in [0.5, 0.6) is 0 Å². The lowest BCUT2D eigenvalue weighted by molar-refractivity contribution is -0.125. The van der Waals surface area contributed by atoms with E-state index in [2.05, 4.69) is 5.32 Å². The Hall–Kier alpha value is -1.49. The Morgan fingerprint density at radius 3 is 2.56 bits per heavy atom. The van der Waals surface area contributed by atoms with Crippen molar-refractivity contribution in [2.24, 2.45) is 0 Å². The van der Waals surface area contributed by atoms with Crippen LogP contribution in [-0.2, 0) is 4.79 Å². The topological polar surface area (TPSA) is 49.4 Å². The fraction of sp³-hybridized carbons (Fsp3) is 0.273. The Morgan fingerprint density at radius 1 is 1.31 bits per heavy atom. The molecule has 1 aliphatic rings. The molecule has 4 nitrogen and oxygen atoms in total. The monoisotopic (exact) mass is 236 g/mol. The van der Waals surface area contributed by atoms with Crippen LogP contribution in [0.4, 0.5) is 10.5 Å². The van der Waals surface area contributed by atoms with Crippen LogP contribution in [0.15, 0.2) is 24.3 Å². The van der Waals surface area contributed by atoms with Gasteiger partial charge in [0.2, 0.25) is 0 Å². The molecule has 0 aromatic heterocycles. The number of imide groups is 1. The molecule has 1 heterocycles. The van der Waals surface area contributed by atoms with Crippen LogP contribution in [0.2, 0.25) is 0 Å². The number of amides is 2. The van der Waals surface area contributed by atoms with E-state index in [0.29, 0.717) is 0 Å². The molecule has 2 amide bonds. The number of anilines is 1. The summed E-state index contributed by atoms with van der Waals surface area (Å²) in [6, 6.07) is 7.68. The van der Waals surface area contributed by atoms with Crippen LogP contribution in [0, 0.1) is 6.92 Å². The Kier molecular flexibility index (Phi) is 2.87. The molecule has 0 bridgehead atoms. The highest BCUT2D eigenvalue weighted by Crippen LogP contribution is 2.27. The molecule has 84 valence electrons. The van der Waals surface area contributed by atoms with Crippen molar-refractivity contribution in [3.05, 3.63) is 29.8 Å². The van der Waals surface area contributed by atoms with Gasteiger partial charge in [0.1, 0.15) is 0 Å². The second-order valence-electron chi connectivity index (χ2n) is 3.62. The van der Waals surface area contributed by atoms with Crippen molar-refractivity contribution < 1.29 is 9.59 Å². The molecule has 0 unspecified atom stereocenters. The Labute approximate surface area is 98.0 Å². The molecule has 5 heteroatoms. The third-order valence-corrected chi connectivity index (χ3v) is 3.51. The van der Waals surface area contributed by atoms with Crippen LogP contribution in [-0.4, -0.2) is 28.5 Å². The number of para-hydroxylation sites is 1. The number of benzene rings is 1. The molecule has 0 radical (unpaired) electrons. The highest BCUT2D eigenvalue weighted by molar-refractivity contribution is 8.15. The van der Waals surface area contributed by atoms with Gasteiger partial charge in [0.05, 0.1) is 0 Å². The number of hydrogen-bond acceptors (Lipinski definition) is 4. The number of thioether (sulfide) groups is 1. The first kappa shape index (κ1) is 11.0. The van der Waals surface area contributed by atoms with Crippen molar-refractivity contribution in [2.45, 2.75) is 12.3 Å². The largest absolute Gasteiger partial charge is 0.365 e. The van der Waals surface area contributed by atoms with Gasteiger partial charge in [-0.25, -0.2) is 0 Å². The molecule has 1 atom stereocenters. The first-order chi connectivity index (χ1) is 7.59. The van der Waals surface area contributed by atoms with Gasteiger partial charge >= 0.3 is 0 Å². The summed E-state index contributed by atoms with van der Waals surface area (Å²) in [5, 5.41) is 2.36. The normalized spacial score (nSPS) is 20.4. The minimum atomic E-state index is -0.501. The van der Waals surface area contributed by atoms with E-state index in [1.807, 2.05) is 31.2 Å². The van der Waals surface area contributed by atoms with Crippen LogP contribution < -0.4 is 5.32 Å². The van der Waals surface area contributed by atoms with Crippen LogP contribution in [0.25, 0.3) is 0 Å². The molecule has 1 aromatic carbocycles. The average molecular weight is 236 g/mol. The average Bonchev–Trinajstić information content (AvgIpc) is 2.50. The summed E-state index contributed by atoms with van der Waals surface area (Å²) in [4.78, 5) is 24.1. The molecule has 1 N–H and O–H groups in total. The molecule has 1 fully saturated rings. The van der Waals surface area contributed by atoms with E-state index >= 15 is 0 Å². The Bertz CT molecular complexity index is 447. The molecule has 2 rings (SSSR count). The van der Waals surface area contributed by atoms with Gasteiger partial charge in [-0.1, -0.05) is 18.2 Å². The fourth-order valence-electron chi connectivity index (χ4n) is 1.46. The number of likely N-dealkylation sites (N-methyl/N-ethyl adjacent to an activating group) is 1. The Balaban J connectivity index is 2.15. The summed E-state index contributed by atoms with van der Waals surface area (Å²) in [6.07, 6.45) is 0. The van der Waals surface area contributed by atoms with Crippen LogP contribution >= 0.6 is 11.8 Å². The minimum absolute atomic E-state index is 0.196. The standard InChI is InChI=1S/C11H12N2O2S/c1-7-5-3-4-6-8(7)12-9-10(14)13(2)11(15)16-9/h3-6,9,12H,1-2H3/t9-/m0/s1. The molecular weight excluding hydrogens is 224 g/mol. The van der Waals surface area contributed by atoms with Gasteiger partial charge < -0.3 is 5.32 Å². The molecular formula is C11H12N2O2S. The van der Waals surface area contributed by atoms with Gasteiger partial charge in [0.15, 0.2) is 5.37 Å². The van der Waals surface area contributed by atoms with Crippen molar-refractivity contribution in [1.29, 1.82) is 0 Å². The number of carbonyl (C=O) groups excluding carboxylic acids is 2. The smallest absolute Gasteiger partial charge is 0.290 e. The van der Waals surface area contributed by atoms with Gasteiger partial charge in [-0.15, -0.1) is 0 Å². The number of aryl methyl sites for hydroxylation is 1. The van der Waals surface area contributed by atoms with Crippen molar-refractivity contribution in [3.8, 4) is 0 Å². The summed E-state index contributed by atoms with van der Waals surface area (Å²) in [7, 11) is 1.50. The lowest BCUT2D eigenvalue weighted by Gasteiger charge is -2.13. The Morgan fingerprint density at radius 2 is 2.00 bits per heavy atom. The van der Waals surface area contributed by atoms with Gasteiger partial charge in [-0.2, -0.15) is 0 Å². The van der Waals surface area contributed by atoms with Crippen molar-refractivity contribution in [3.63, 3.8) is 0 Å². The van der Waals surface area contributed by atoms with E-state index in [1.165, 1.54) is 7.05 Å². The zero-order valence-electron chi connectivity index (χ0n) is 9.06. The summed E-state index contributed by atoms with van der Waals surface area (Å²) in [6.45, 7) is 1.96. The third-order valence-electron chi connectivity index (χ3n) is 2.48. The third kappa shape index (κ3) is 1.90. The number of rotatable bonds is 2. The molecule has 0 aliphatic carbocycles. The van der Waals surface area contributed by atoms with Crippen molar-refractivity contribution in [2.75, 3.05) is 12.4 Å². The maximum Gasteiger partial charge on any atom is 0.290 e. The van der Waals surface area contributed by atoms with Gasteiger partial charge in [-0.05, 0) is 30.3 Å². The fourth-order valence-corrected chi connectivity index (χ4v) is 2.36. The molecule has 0 saturated carbocycles. The second-order valence-corrected chi connectivity index (χ2v) is 4.68. The number of carbonyl (C=O) groups is 2. The first-order valence-corrected chi connectivity index (χ1v) is 5.78. The predicted molar refractivity (Wildman–Crippen MR) is 64.3 cm³/mol. The van der Waals surface area contributed by atoms with E-state index < -0.39 is 5.37 Å². The number of hydrogen-bond donors (Lipinski definition) is 1. The highest BCUT2D eigenvalue weighted by atomic mass is 32.2. The summed E-state index contributed by atoms with van der Waals surface area (Å²) in [5.41, 5.74) is 1.94. The highest BCUT2D eigenvalue weighted by Gasteiger charge is 2.37. The lowest BCUT2D eigenvalue weighted by atomic mass is 10.2. The van der Waals surface area contributed by atoms with E-state index in [4.69, 9.17) is 0 Å². The number of nitrogens with one attached hydrogen (secondary N) is 1. The molecule has 16 heavy (non-hydrogen) atoms. The SMILES string of the molecule is Cc1ccccc1N[C@H]1SC(=O)N(C)C1=O. The van der Waals surface area contributed by atoms with E-state index in [1.54, 1.807) is 0 Å². The second kappa shape index (κ2) is 4.17. The van der Waals surface area contributed by atoms with E-state index in [0.717, 1.165) is 27.9 Å².